The van der Waals surface area contributed by atoms with Gasteiger partial charge in [-0.3, -0.25) is 9.71 Å². The van der Waals surface area contributed by atoms with Crippen LogP contribution in [-0.2, 0) is 11.3 Å². The summed E-state index contributed by atoms with van der Waals surface area (Å²) in [5.41, 5.74) is 3.31. The second-order valence-corrected chi connectivity index (χ2v) is 6.21. The van der Waals surface area contributed by atoms with Crippen LogP contribution in [0.25, 0.3) is 11.0 Å². The Hall–Kier alpha value is -1.89. The van der Waals surface area contributed by atoms with Gasteiger partial charge in [0.2, 0.25) is 0 Å². The Balaban J connectivity index is 1.69. The largest absolute Gasteiger partial charge is 0.383 e. The Kier molecular flexibility index (Phi) is 5.27. The van der Waals surface area contributed by atoms with Gasteiger partial charge in [0.05, 0.1) is 23.8 Å². The zero-order chi connectivity index (χ0) is 16.1. The van der Waals surface area contributed by atoms with E-state index in [2.05, 4.69) is 43.5 Å². The Morgan fingerprint density at radius 2 is 2.04 bits per heavy atom. The third-order valence-electron chi connectivity index (χ3n) is 3.60. The summed E-state index contributed by atoms with van der Waals surface area (Å²) in [6, 6.07) is 10.5. The molecule has 0 fully saturated rings. The number of aromatic nitrogens is 3. The summed E-state index contributed by atoms with van der Waals surface area (Å²) in [7, 11) is 1.71. The van der Waals surface area contributed by atoms with E-state index >= 15 is 0 Å². The van der Waals surface area contributed by atoms with Crippen LogP contribution in [0.3, 0.4) is 0 Å². The lowest BCUT2D eigenvalue weighted by atomic mass is 10.2. The van der Waals surface area contributed by atoms with Crippen LogP contribution < -0.4 is 4.72 Å². The summed E-state index contributed by atoms with van der Waals surface area (Å²) >= 11 is 1.62. The van der Waals surface area contributed by atoms with Crippen LogP contribution in [0.5, 0.6) is 0 Å². The molecule has 0 unspecified atom stereocenters. The average molecular weight is 328 g/mol. The molecule has 0 aliphatic heterocycles. The number of hydrogen-bond donors (Lipinski definition) is 1. The van der Waals surface area contributed by atoms with E-state index in [9.17, 15) is 0 Å². The molecule has 5 nitrogen and oxygen atoms in total. The minimum Gasteiger partial charge on any atom is -0.383 e. The third kappa shape index (κ3) is 3.90. The standard InChI is InChI=1S/C17H20N4OS/c1-13-20-16-7-8-18-11-17(16)21(13)12-14-3-5-15(6-4-14)23-19-9-10-22-2/h3-8,11,19H,9-10,12H2,1-2H3. The minimum atomic E-state index is 0.714. The third-order valence-corrected chi connectivity index (χ3v) is 4.46. The van der Waals surface area contributed by atoms with Crippen molar-refractivity contribution in [1.29, 1.82) is 0 Å². The van der Waals surface area contributed by atoms with Crippen LogP contribution in [0, 0.1) is 6.92 Å². The number of pyridine rings is 1. The van der Waals surface area contributed by atoms with Gasteiger partial charge >= 0.3 is 0 Å². The Morgan fingerprint density at radius 1 is 1.22 bits per heavy atom. The number of imidazole rings is 1. The molecule has 0 radical (unpaired) electrons. The summed E-state index contributed by atoms with van der Waals surface area (Å²) in [4.78, 5) is 9.98. The molecule has 0 atom stereocenters. The smallest absolute Gasteiger partial charge is 0.107 e. The first-order chi connectivity index (χ1) is 11.3. The van der Waals surface area contributed by atoms with E-state index in [1.54, 1.807) is 25.3 Å². The lowest BCUT2D eigenvalue weighted by molar-refractivity contribution is 0.205. The van der Waals surface area contributed by atoms with Crippen LogP contribution in [0.4, 0.5) is 0 Å². The molecule has 3 aromatic rings. The molecule has 1 aromatic carbocycles. The first-order valence-electron chi connectivity index (χ1n) is 7.52. The Morgan fingerprint density at radius 3 is 2.83 bits per heavy atom. The van der Waals surface area contributed by atoms with Crippen LogP contribution in [0.2, 0.25) is 0 Å². The molecular formula is C17H20N4OS. The predicted octanol–water partition coefficient (Wildman–Crippen LogP) is 3.03. The monoisotopic (exact) mass is 328 g/mol. The zero-order valence-corrected chi connectivity index (χ0v) is 14.1. The topological polar surface area (TPSA) is 52.0 Å². The number of methoxy groups -OCH3 is 1. The normalized spacial score (nSPS) is 11.2. The molecule has 2 heterocycles. The summed E-state index contributed by atoms with van der Waals surface area (Å²) < 4.78 is 10.5. The molecule has 23 heavy (non-hydrogen) atoms. The lowest BCUT2D eigenvalue weighted by Gasteiger charge is -2.08. The Bertz CT molecular complexity index is 770. The van der Waals surface area contributed by atoms with Gasteiger partial charge in [-0.1, -0.05) is 12.1 Å². The molecule has 0 saturated carbocycles. The van der Waals surface area contributed by atoms with Crippen LogP contribution in [0.1, 0.15) is 11.4 Å². The first kappa shape index (κ1) is 16.0. The van der Waals surface area contributed by atoms with Gasteiger partial charge in [-0.05, 0) is 42.6 Å². The van der Waals surface area contributed by atoms with E-state index in [4.69, 9.17) is 4.74 Å². The van der Waals surface area contributed by atoms with Gasteiger partial charge in [-0.25, -0.2) is 4.98 Å². The maximum Gasteiger partial charge on any atom is 0.107 e. The fraction of sp³-hybridized carbons (Fsp3) is 0.294. The molecule has 0 aliphatic carbocycles. The van der Waals surface area contributed by atoms with Crippen molar-refractivity contribution < 1.29 is 4.74 Å². The second kappa shape index (κ2) is 7.59. The van der Waals surface area contributed by atoms with Gasteiger partial charge in [-0.15, -0.1) is 0 Å². The average Bonchev–Trinajstić information content (AvgIpc) is 2.89. The zero-order valence-electron chi connectivity index (χ0n) is 13.3. The van der Waals surface area contributed by atoms with Gasteiger partial charge in [0.15, 0.2) is 0 Å². The molecule has 0 amide bonds. The molecule has 0 bridgehead atoms. The van der Waals surface area contributed by atoms with Crippen molar-refractivity contribution in [3.05, 3.63) is 54.1 Å². The number of ether oxygens (including phenoxy) is 1. The number of rotatable bonds is 7. The molecule has 6 heteroatoms. The molecule has 1 N–H and O–H groups in total. The molecule has 0 aliphatic rings. The van der Waals surface area contributed by atoms with Crippen molar-refractivity contribution in [3.8, 4) is 0 Å². The van der Waals surface area contributed by atoms with E-state index in [-0.39, 0.29) is 0 Å². The number of hydrogen-bond acceptors (Lipinski definition) is 5. The summed E-state index contributed by atoms with van der Waals surface area (Å²) in [5.74, 6) is 1.01. The molecule has 3 rings (SSSR count). The van der Waals surface area contributed by atoms with Gasteiger partial charge < -0.3 is 9.30 Å². The van der Waals surface area contributed by atoms with Crippen LogP contribution in [-0.4, -0.2) is 34.8 Å². The number of aryl methyl sites for hydroxylation is 1. The van der Waals surface area contributed by atoms with Crippen molar-refractivity contribution in [3.63, 3.8) is 0 Å². The van der Waals surface area contributed by atoms with Crippen molar-refractivity contribution in [1.82, 2.24) is 19.3 Å². The van der Waals surface area contributed by atoms with Gasteiger partial charge in [-0.2, -0.15) is 0 Å². The Labute approximate surface area is 140 Å². The predicted molar refractivity (Wildman–Crippen MR) is 93.5 cm³/mol. The number of fused-ring (bicyclic) bond motifs is 1. The van der Waals surface area contributed by atoms with Crippen molar-refractivity contribution >= 4 is 23.0 Å². The molecule has 0 saturated heterocycles. The van der Waals surface area contributed by atoms with E-state index in [0.29, 0.717) is 6.61 Å². The highest BCUT2D eigenvalue weighted by atomic mass is 32.2. The summed E-state index contributed by atoms with van der Waals surface area (Å²) in [6.07, 6.45) is 3.65. The van der Waals surface area contributed by atoms with E-state index < -0.39 is 0 Å². The highest BCUT2D eigenvalue weighted by molar-refractivity contribution is 7.97. The molecule has 2 aromatic heterocycles. The van der Waals surface area contributed by atoms with Gasteiger partial charge in [0.1, 0.15) is 5.82 Å². The van der Waals surface area contributed by atoms with Crippen molar-refractivity contribution in [2.45, 2.75) is 18.4 Å². The number of benzene rings is 1. The molecule has 0 spiro atoms. The highest BCUT2D eigenvalue weighted by Crippen LogP contribution is 2.19. The number of nitrogens with one attached hydrogen (secondary N) is 1. The van der Waals surface area contributed by atoms with Crippen molar-refractivity contribution in [2.75, 3.05) is 20.3 Å². The summed E-state index contributed by atoms with van der Waals surface area (Å²) in [5, 5.41) is 0. The number of nitrogens with zero attached hydrogens (tertiary/aromatic N) is 3. The molecule has 120 valence electrons. The molecular weight excluding hydrogens is 308 g/mol. The van der Waals surface area contributed by atoms with E-state index in [0.717, 1.165) is 29.9 Å². The van der Waals surface area contributed by atoms with Gasteiger partial charge in [0.25, 0.3) is 0 Å². The maximum atomic E-state index is 5.01. The summed E-state index contributed by atoms with van der Waals surface area (Å²) in [6.45, 7) is 4.38. The quantitative estimate of drug-likeness (QED) is 0.534. The van der Waals surface area contributed by atoms with Crippen LogP contribution >= 0.6 is 11.9 Å². The van der Waals surface area contributed by atoms with Gasteiger partial charge in [0, 0.05) is 31.3 Å². The SMILES string of the molecule is COCCNSc1ccc(Cn2c(C)nc3ccncc32)cc1. The first-order valence-corrected chi connectivity index (χ1v) is 8.34. The fourth-order valence-corrected chi connectivity index (χ4v) is 3.04. The minimum absolute atomic E-state index is 0.714. The van der Waals surface area contributed by atoms with E-state index in [1.165, 1.54) is 10.5 Å². The fourth-order valence-electron chi connectivity index (χ4n) is 2.41. The van der Waals surface area contributed by atoms with E-state index in [1.807, 2.05) is 19.2 Å². The maximum absolute atomic E-state index is 5.01. The van der Waals surface area contributed by atoms with Crippen molar-refractivity contribution in [2.24, 2.45) is 0 Å². The second-order valence-electron chi connectivity index (χ2n) is 5.24. The highest BCUT2D eigenvalue weighted by Gasteiger charge is 2.07. The lowest BCUT2D eigenvalue weighted by Crippen LogP contribution is -2.10. The van der Waals surface area contributed by atoms with Crippen LogP contribution in [0.15, 0.2) is 47.6 Å².